The summed E-state index contributed by atoms with van der Waals surface area (Å²) >= 11 is 4.93. The minimum atomic E-state index is -0.388. The smallest absolute Gasteiger partial charge is 0.337 e. The predicted octanol–water partition coefficient (Wildman–Crippen LogP) is 4.87. The summed E-state index contributed by atoms with van der Waals surface area (Å²) < 4.78 is 8.23. The third-order valence-corrected chi connectivity index (χ3v) is 8.20. The Labute approximate surface area is 219 Å². The highest BCUT2D eigenvalue weighted by molar-refractivity contribution is 9.10. The number of allylic oxidation sites excluding steroid dienone is 1. The molecule has 0 saturated heterocycles. The molecular formula is C29H21BrN2O3S. The van der Waals surface area contributed by atoms with Crippen molar-refractivity contribution in [2.45, 2.75) is 18.9 Å². The summed E-state index contributed by atoms with van der Waals surface area (Å²) in [5.74, 6) is -0.388. The first-order chi connectivity index (χ1) is 17.5. The summed E-state index contributed by atoms with van der Waals surface area (Å²) in [6.07, 6.45) is 3.64. The first-order valence-corrected chi connectivity index (χ1v) is 13.2. The van der Waals surface area contributed by atoms with Crippen LogP contribution in [0.1, 0.15) is 45.1 Å². The molecule has 7 heteroatoms. The second-order valence-corrected chi connectivity index (χ2v) is 10.7. The van der Waals surface area contributed by atoms with Crippen LogP contribution in [0.4, 0.5) is 0 Å². The molecule has 1 aliphatic heterocycles. The summed E-state index contributed by atoms with van der Waals surface area (Å²) in [4.78, 5) is 31.3. The molecule has 0 radical (unpaired) electrons. The summed E-state index contributed by atoms with van der Waals surface area (Å²) in [7, 11) is 1.36. The van der Waals surface area contributed by atoms with E-state index in [0.717, 1.165) is 39.7 Å². The zero-order chi connectivity index (χ0) is 24.8. The molecule has 6 rings (SSSR count). The number of carbonyl (C=O) groups excluding carboxylic acids is 1. The van der Waals surface area contributed by atoms with E-state index in [2.05, 4.69) is 46.3 Å². The predicted molar refractivity (Wildman–Crippen MR) is 145 cm³/mol. The Morgan fingerprint density at radius 3 is 2.56 bits per heavy atom. The van der Waals surface area contributed by atoms with Gasteiger partial charge in [0.15, 0.2) is 4.80 Å². The number of halogens is 1. The Balaban J connectivity index is 1.55. The van der Waals surface area contributed by atoms with Crippen LogP contribution in [-0.2, 0) is 11.2 Å². The highest BCUT2D eigenvalue weighted by Gasteiger charge is 2.32. The molecule has 36 heavy (non-hydrogen) atoms. The SMILES string of the molecule is COC(=O)c1ccc(C=c2sc3n(c2=O)C(c2ccc(Br)cc2)C2=C(N=3)c3ccccc3CC2)cc1. The number of thiazole rings is 1. The molecule has 0 spiro atoms. The van der Waals surface area contributed by atoms with Crippen LogP contribution < -0.4 is 14.9 Å². The second-order valence-electron chi connectivity index (χ2n) is 8.78. The number of hydrogen-bond donors (Lipinski definition) is 0. The van der Waals surface area contributed by atoms with Gasteiger partial charge in [0, 0.05) is 10.0 Å². The highest BCUT2D eigenvalue weighted by atomic mass is 79.9. The zero-order valence-corrected chi connectivity index (χ0v) is 21.8. The minimum absolute atomic E-state index is 0.0610. The maximum Gasteiger partial charge on any atom is 0.337 e. The molecular weight excluding hydrogens is 536 g/mol. The number of ether oxygens (including phenoxy) is 1. The van der Waals surface area contributed by atoms with E-state index in [0.29, 0.717) is 14.9 Å². The van der Waals surface area contributed by atoms with Crippen LogP contribution in [0.3, 0.4) is 0 Å². The van der Waals surface area contributed by atoms with E-state index >= 15 is 0 Å². The topological polar surface area (TPSA) is 60.7 Å². The van der Waals surface area contributed by atoms with Crippen molar-refractivity contribution in [3.63, 3.8) is 0 Å². The van der Waals surface area contributed by atoms with E-state index in [1.54, 1.807) is 12.1 Å². The van der Waals surface area contributed by atoms with Crippen LogP contribution in [0.2, 0.25) is 0 Å². The molecule has 0 saturated carbocycles. The first-order valence-electron chi connectivity index (χ1n) is 11.6. The average Bonchev–Trinajstić information content (AvgIpc) is 3.22. The molecule has 1 atom stereocenters. The van der Waals surface area contributed by atoms with Gasteiger partial charge in [0.25, 0.3) is 5.56 Å². The van der Waals surface area contributed by atoms with Crippen LogP contribution in [0.15, 0.2) is 92.6 Å². The first kappa shape index (κ1) is 22.9. The molecule has 3 aromatic carbocycles. The average molecular weight is 557 g/mol. The van der Waals surface area contributed by atoms with E-state index in [9.17, 15) is 9.59 Å². The molecule has 0 amide bonds. The van der Waals surface area contributed by atoms with Gasteiger partial charge in [-0.15, -0.1) is 0 Å². The van der Waals surface area contributed by atoms with Gasteiger partial charge in [-0.05, 0) is 65.4 Å². The van der Waals surface area contributed by atoms with Gasteiger partial charge < -0.3 is 4.74 Å². The van der Waals surface area contributed by atoms with Gasteiger partial charge >= 0.3 is 5.97 Å². The van der Waals surface area contributed by atoms with Gasteiger partial charge in [-0.25, -0.2) is 9.79 Å². The van der Waals surface area contributed by atoms with Crippen LogP contribution in [0, 0.1) is 0 Å². The Morgan fingerprint density at radius 2 is 1.81 bits per heavy atom. The molecule has 0 N–H and O–H groups in total. The van der Waals surface area contributed by atoms with Crippen molar-refractivity contribution in [3.8, 4) is 0 Å². The van der Waals surface area contributed by atoms with Crippen LogP contribution in [0.25, 0.3) is 11.8 Å². The Bertz CT molecular complexity index is 1710. The van der Waals surface area contributed by atoms with Gasteiger partial charge in [-0.2, -0.15) is 0 Å². The lowest BCUT2D eigenvalue weighted by Gasteiger charge is -2.30. The Kier molecular flexibility index (Phi) is 5.82. The lowest BCUT2D eigenvalue weighted by atomic mass is 9.83. The molecule has 4 aromatic rings. The Hall–Kier alpha value is -3.55. The third kappa shape index (κ3) is 3.88. The summed E-state index contributed by atoms with van der Waals surface area (Å²) in [6, 6.07) is 23.4. The quantitative estimate of drug-likeness (QED) is 0.338. The lowest BCUT2D eigenvalue weighted by Crippen LogP contribution is -2.38. The minimum Gasteiger partial charge on any atom is -0.465 e. The molecule has 1 aromatic heterocycles. The number of esters is 1. The van der Waals surface area contributed by atoms with Crippen molar-refractivity contribution < 1.29 is 9.53 Å². The fourth-order valence-corrected chi connectivity index (χ4v) is 6.22. The number of fused-ring (bicyclic) bond motifs is 3. The monoisotopic (exact) mass is 556 g/mol. The van der Waals surface area contributed by atoms with Crippen molar-refractivity contribution in [2.24, 2.45) is 4.99 Å². The maximum absolute atomic E-state index is 13.8. The molecule has 2 aliphatic rings. The summed E-state index contributed by atoms with van der Waals surface area (Å²) in [6.45, 7) is 0. The number of hydrogen-bond acceptors (Lipinski definition) is 5. The van der Waals surface area contributed by atoms with Crippen LogP contribution in [-0.4, -0.2) is 17.6 Å². The van der Waals surface area contributed by atoms with E-state index in [-0.39, 0.29) is 17.6 Å². The molecule has 1 aliphatic carbocycles. The van der Waals surface area contributed by atoms with Crippen molar-refractivity contribution in [3.05, 3.63) is 130 Å². The standard InChI is InChI=1S/C29H21BrN2O3S/c1-35-28(34)20-8-6-17(7-9-20)16-24-27(33)32-26(19-10-13-21(30)14-11-19)23-15-12-18-4-2-3-5-22(18)25(23)31-29(32)36-24/h2-11,13-14,16,26H,12,15H2,1H3. The van der Waals surface area contributed by atoms with Gasteiger partial charge in [0.05, 0.1) is 28.9 Å². The summed E-state index contributed by atoms with van der Waals surface area (Å²) in [5, 5.41) is 0. The van der Waals surface area contributed by atoms with Crippen molar-refractivity contribution in [2.75, 3.05) is 7.11 Å². The van der Waals surface area contributed by atoms with Crippen molar-refractivity contribution in [1.82, 2.24) is 4.57 Å². The normalized spacial score (nSPS) is 16.6. The van der Waals surface area contributed by atoms with E-state index in [1.807, 2.05) is 41.0 Å². The third-order valence-electron chi connectivity index (χ3n) is 6.69. The highest BCUT2D eigenvalue weighted by Crippen LogP contribution is 2.41. The number of benzene rings is 3. The fraction of sp³-hybridized carbons (Fsp3) is 0.138. The van der Waals surface area contributed by atoms with Gasteiger partial charge in [-0.3, -0.25) is 9.36 Å². The number of methoxy groups -OCH3 is 1. The van der Waals surface area contributed by atoms with E-state index < -0.39 is 0 Å². The fourth-order valence-electron chi connectivity index (χ4n) is 4.95. The number of carbonyl (C=O) groups is 1. The molecule has 1 unspecified atom stereocenters. The number of aromatic nitrogens is 1. The Morgan fingerprint density at radius 1 is 1.06 bits per heavy atom. The van der Waals surface area contributed by atoms with Crippen LogP contribution >= 0.6 is 27.3 Å². The van der Waals surface area contributed by atoms with Gasteiger partial charge in [0.1, 0.15) is 0 Å². The summed E-state index contributed by atoms with van der Waals surface area (Å²) in [5.41, 5.74) is 6.91. The lowest BCUT2D eigenvalue weighted by molar-refractivity contribution is 0.0600. The van der Waals surface area contributed by atoms with Gasteiger partial charge in [-0.1, -0.05) is 75.8 Å². The zero-order valence-electron chi connectivity index (χ0n) is 19.4. The molecule has 0 fully saturated rings. The van der Waals surface area contributed by atoms with Crippen molar-refractivity contribution >= 4 is 45.0 Å². The largest absolute Gasteiger partial charge is 0.465 e. The maximum atomic E-state index is 13.8. The molecule has 2 heterocycles. The van der Waals surface area contributed by atoms with E-state index in [1.165, 1.54) is 29.6 Å². The van der Waals surface area contributed by atoms with Crippen molar-refractivity contribution in [1.29, 1.82) is 0 Å². The van der Waals surface area contributed by atoms with Gasteiger partial charge in [0.2, 0.25) is 0 Å². The number of rotatable bonds is 3. The van der Waals surface area contributed by atoms with E-state index in [4.69, 9.17) is 9.73 Å². The molecule has 178 valence electrons. The molecule has 0 bridgehead atoms. The number of aryl methyl sites for hydroxylation is 1. The molecule has 5 nitrogen and oxygen atoms in total. The number of nitrogens with zero attached hydrogens (tertiary/aromatic N) is 2. The van der Waals surface area contributed by atoms with Crippen LogP contribution in [0.5, 0.6) is 0 Å². The second kappa shape index (κ2) is 9.15.